The van der Waals surface area contributed by atoms with Gasteiger partial charge in [0.05, 0.1) is 11.5 Å². The number of hydrogen-bond acceptors (Lipinski definition) is 2. The topological polar surface area (TPSA) is 35.8 Å². The minimum absolute atomic E-state index is 0.321. The van der Waals surface area contributed by atoms with E-state index in [1.165, 1.54) is 5.56 Å². The van der Waals surface area contributed by atoms with Gasteiger partial charge in [-0.2, -0.15) is 5.26 Å². The summed E-state index contributed by atoms with van der Waals surface area (Å²) in [6.45, 7) is 2.06. The Labute approximate surface area is 130 Å². The number of hydrogen-bond donors (Lipinski definition) is 1. The first-order chi connectivity index (χ1) is 10.1. The van der Waals surface area contributed by atoms with Crippen molar-refractivity contribution in [2.75, 3.05) is 5.32 Å². The van der Waals surface area contributed by atoms with Crippen LogP contribution in [0.15, 0.2) is 48.5 Å². The van der Waals surface area contributed by atoms with Crippen LogP contribution in [0.3, 0.4) is 0 Å². The molecule has 0 heterocycles. The number of anilines is 1. The molecule has 1 aliphatic rings. The maximum atomic E-state index is 9.57. The van der Waals surface area contributed by atoms with Crippen molar-refractivity contribution in [2.45, 2.75) is 31.2 Å². The minimum atomic E-state index is -0.342. The number of nitrogens with one attached hydrogen (secondary N) is 1. The minimum Gasteiger partial charge on any atom is -0.382 e. The molecule has 1 N–H and O–H groups in total. The van der Waals surface area contributed by atoms with Crippen molar-refractivity contribution in [3.05, 3.63) is 64.7 Å². The first-order valence-electron chi connectivity index (χ1n) is 7.12. The summed E-state index contributed by atoms with van der Waals surface area (Å²) in [5.41, 5.74) is 3.01. The van der Waals surface area contributed by atoms with Gasteiger partial charge in [0.15, 0.2) is 0 Å². The van der Waals surface area contributed by atoms with Crippen molar-refractivity contribution in [3.8, 4) is 6.07 Å². The lowest BCUT2D eigenvalue weighted by Crippen LogP contribution is -2.47. The zero-order chi connectivity index (χ0) is 14.9. The molecule has 0 aromatic heterocycles. The summed E-state index contributed by atoms with van der Waals surface area (Å²) < 4.78 is 0. The molecule has 0 atom stereocenters. The first kappa shape index (κ1) is 14.0. The van der Waals surface area contributed by atoms with E-state index in [2.05, 4.69) is 18.3 Å². The van der Waals surface area contributed by atoms with Gasteiger partial charge in [0.2, 0.25) is 0 Å². The van der Waals surface area contributed by atoms with Crippen LogP contribution >= 0.6 is 11.6 Å². The Morgan fingerprint density at radius 1 is 1.19 bits per heavy atom. The summed E-state index contributed by atoms with van der Waals surface area (Å²) in [6, 6.07) is 18.8. The monoisotopic (exact) mass is 296 g/mol. The van der Waals surface area contributed by atoms with Gasteiger partial charge in [-0.25, -0.2) is 0 Å². The van der Waals surface area contributed by atoms with Gasteiger partial charge in [-0.15, -0.1) is 0 Å². The summed E-state index contributed by atoms with van der Waals surface area (Å²) in [4.78, 5) is 0. The molecule has 1 aliphatic carbocycles. The third-order valence-corrected chi connectivity index (χ3v) is 4.52. The van der Waals surface area contributed by atoms with Gasteiger partial charge < -0.3 is 5.32 Å². The average Bonchev–Trinajstić information content (AvgIpc) is 2.47. The molecule has 1 fully saturated rings. The van der Waals surface area contributed by atoms with Crippen LogP contribution in [0.5, 0.6) is 0 Å². The smallest absolute Gasteiger partial charge is 0.0861 e. The molecule has 0 spiro atoms. The predicted octanol–water partition coefficient (Wildman–Crippen LogP) is 4.68. The second kappa shape index (κ2) is 5.42. The standard InChI is InChI=1S/C18H17ClN2/c1-13-7-8-15(19)9-17(13)21-16-10-18(11-16,12-20)14-5-3-2-4-6-14/h2-9,16,21H,10-11H2,1H3. The number of nitriles is 1. The first-order valence-corrected chi connectivity index (χ1v) is 7.50. The molecule has 106 valence electrons. The highest BCUT2D eigenvalue weighted by atomic mass is 35.5. The Hall–Kier alpha value is -1.98. The molecule has 0 saturated heterocycles. The average molecular weight is 297 g/mol. The van der Waals surface area contributed by atoms with Crippen LogP contribution in [0.4, 0.5) is 5.69 Å². The zero-order valence-corrected chi connectivity index (χ0v) is 12.7. The van der Waals surface area contributed by atoms with Gasteiger partial charge >= 0.3 is 0 Å². The van der Waals surface area contributed by atoms with Crippen molar-refractivity contribution in [2.24, 2.45) is 0 Å². The second-order valence-corrected chi connectivity index (χ2v) is 6.21. The van der Waals surface area contributed by atoms with Crippen molar-refractivity contribution >= 4 is 17.3 Å². The number of nitrogens with zero attached hydrogens (tertiary/aromatic N) is 1. The highest BCUT2D eigenvalue weighted by molar-refractivity contribution is 6.30. The second-order valence-electron chi connectivity index (χ2n) is 5.77. The summed E-state index contributed by atoms with van der Waals surface area (Å²) in [5, 5.41) is 13.8. The molecule has 0 bridgehead atoms. The molecule has 2 aromatic carbocycles. The molecule has 0 radical (unpaired) electrons. The van der Waals surface area contributed by atoms with Gasteiger partial charge in [0.1, 0.15) is 0 Å². The van der Waals surface area contributed by atoms with Crippen LogP contribution in [0.25, 0.3) is 0 Å². The lowest BCUT2D eigenvalue weighted by Gasteiger charge is -2.44. The molecule has 3 rings (SSSR count). The van der Waals surface area contributed by atoms with Crippen molar-refractivity contribution in [3.63, 3.8) is 0 Å². The highest BCUT2D eigenvalue weighted by Crippen LogP contribution is 2.44. The van der Waals surface area contributed by atoms with E-state index in [0.29, 0.717) is 6.04 Å². The van der Waals surface area contributed by atoms with E-state index in [0.717, 1.165) is 29.1 Å². The maximum absolute atomic E-state index is 9.57. The van der Waals surface area contributed by atoms with Crippen molar-refractivity contribution < 1.29 is 0 Å². The summed E-state index contributed by atoms with van der Waals surface area (Å²) >= 11 is 6.05. The Morgan fingerprint density at radius 3 is 2.57 bits per heavy atom. The summed E-state index contributed by atoms with van der Waals surface area (Å²) in [7, 11) is 0. The number of benzene rings is 2. The summed E-state index contributed by atoms with van der Waals surface area (Å²) in [6.07, 6.45) is 1.67. The van der Waals surface area contributed by atoms with E-state index in [1.807, 2.05) is 48.5 Å². The predicted molar refractivity (Wildman–Crippen MR) is 86.6 cm³/mol. The number of aryl methyl sites for hydroxylation is 1. The van der Waals surface area contributed by atoms with Crippen LogP contribution in [-0.4, -0.2) is 6.04 Å². The van der Waals surface area contributed by atoms with E-state index in [9.17, 15) is 5.26 Å². The SMILES string of the molecule is Cc1ccc(Cl)cc1NC1CC(C#N)(c2ccccc2)C1. The van der Waals surface area contributed by atoms with E-state index < -0.39 is 0 Å². The maximum Gasteiger partial charge on any atom is 0.0861 e. The Balaban J connectivity index is 1.73. The fraction of sp³-hybridized carbons (Fsp3) is 0.278. The lowest BCUT2D eigenvalue weighted by atomic mass is 9.62. The molecule has 0 amide bonds. The van der Waals surface area contributed by atoms with Crippen LogP contribution in [0.1, 0.15) is 24.0 Å². The van der Waals surface area contributed by atoms with Crippen molar-refractivity contribution in [1.82, 2.24) is 0 Å². The molecular formula is C18H17ClN2. The van der Waals surface area contributed by atoms with Gasteiger partial charge in [-0.1, -0.05) is 48.0 Å². The highest BCUT2D eigenvalue weighted by Gasteiger charge is 2.46. The van der Waals surface area contributed by atoms with E-state index in [1.54, 1.807) is 0 Å². The van der Waals surface area contributed by atoms with Crippen LogP contribution in [-0.2, 0) is 5.41 Å². The molecule has 2 aromatic rings. The normalized spacial score (nSPS) is 24.0. The van der Waals surface area contributed by atoms with Crippen LogP contribution in [0, 0.1) is 18.3 Å². The van der Waals surface area contributed by atoms with Gasteiger partial charge in [0, 0.05) is 16.8 Å². The molecule has 3 heteroatoms. The van der Waals surface area contributed by atoms with Crippen molar-refractivity contribution in [1.29, 1.82) is 5.26 Å². The van der Waals surface area contributed by atoms with Gasteiger partial charge in [-0.3, -0.25) is 0 Å². The fourth-order valence-electron chi connectivity index (χ4n) is 3.00. The molecule has 2 nitrogen and oxygen atoms in total. The van der Waals surface area contributed by atoms with Crippen LogP contribution in [0.2, 0.25) is 5.02 Å². The van der Waals surface area contributed by atoms with E-state index >= 15 is 0 Å². The van der Waals surface area contributed by atoms with Gasteiger partial charge in [0.25, 0.3) is 0 Å². The number of halogens is 1. The lowest BCUT2D eigenvalue weighted by molar-refractivity contribution is 0.289. The Morgan fingerprint density at radius 2 is 1.90 bits per heavy atom. The van der Waals surface area contributed by atoms with Gasteiger partial charge in [-0.05, 0) is 43.0 Å². The number of rotatable bonds is 3. The van der Waals surface area contributed by atoms with Crippen LogP contribution < -0.4 is 5.32 Å². The molecule has 21 heavy (non-hydrogen) atoms. The largest absolute Gasteiger partial charge is 0.382 e. The molecule has 0 unspecified atom stereocenters. The third kappa shape index (κ3) is 2.62. The molecular weight excluding hydrogens is 280 g/mol. The fourth-order valence-corrected chi connectivity index (χ4v) is 3.17. The van der Waals surface area contributed by atoms with E-state index in [-0.39, 0.29) is 5.41 Å². The summed E-state index contributed by atoms with van der Waals surface area (Å²) in [5.74, 6) is 0. The molecule has 1 saturated carbocycles. The Kier molecular flexibility index (Phi) is 3.61. The zero-order valence-electron chi connectivity index (χ0n) is 11.9. The van der Waals surface area contributed by atoms with E-state index in [4.69, 9.17) is 11.6 Å². The molecule has 0 aliphatic heterocycles. The third-order valence-electron chi connectivity index (χ3n) is 4.29. The Bertz CT molecular complexity index is 682. The quantitative estimate of drug-likeness (QED) is 0.892.